The Morgan fingerprint density at radius 3 is 2.64 bits per heavy atom. The summed E-state index contributed by atoms with van der Waals surface area (Å²) in [5, 5.41) is 3.31. The van der Waals surface area contributed by atoms with Crippen LogP contribution < -0.4 is 10.1 Å². The first kappa shape index (κ1) is 17.9. The van der Waals surface area contributed by atoms with Crippen LogP contribution in [-0.4, -0.2) is 51.7 Å². The van der Waals surface area contributed by atoms with E-state index in [-0.39, 0.29) is 0 Å². The summed E-state index contributed by atoms with van der Waals surface area (Å²) in [7, 11) is 4.05. The van der Waals surface area contributed by atoms with E-state index in [1.54, 1.807) is 12.7 Å². The summed E-state index contributed by atoms with van der Waals surface area (Å²) in [4.78, 5) is 15.2. The molecular formula is C21H22N6O. The molecular weight excluding hydrogens is 352 g/mol. The van der Waals surface area contributed by atoms with Crippen LogP contribution >= 0.6 is 0 Å². The molecule has 4 rings (SSSR count). The van der Waals surface area contributed by atoms with Gasteiger partial charge in [0, 0.05) is 18.3 Å². The lowest BCUT2D eigenvalue weighted by Crippen LogP contribution is -2.19. The van der Waals surface area contributed by atoms with Crippen molar-refractivity contribution >= 4 is 22.5 Å². The maximum absolute atomic E-state index is 5.73. The van der Waals surface area contributed by atoms with Gasteiger partial charge in [0.2, 0.25) is 0 Å². The minimum absolute atomic E-state index is 0.661. The average molecular weight is 374 g/mol. The number of likely N-dealkylation sites (N-methyl/N-ethyl adjacent to an activating group) is 1. The quantitative estimate of drug-likeness (QED) is 0.534. The molecule has 7 nitrogen and oxygen atoms in total. The third kappa shape index (κ3) is 4.10. The van der Waals surface area contributed by atoms with Gasteiger partial charge in [-0.25, -0.2) is 15.0 Å². The number of nitrogens with one attached hydrogen (secondary N) is 1. The monoisotopic (exact) mass is 374 g/mol. The number of anilines is 2. The summed E-state index contributed by atoms with van der Waals surface area (Å²) in [5.74, 6) is 2.32. The molecule has 4 aromatic rings. The molecule has 0 amide bonds. The van der Waals surface area contributed by atoms with Crippen LogP contribution in [0, 0.1) is 0 Å². The number of hydrogen-bond donors (Lipinski definition) is 1. The number of imidazole rings is 1. The van der Waals surface area contributed by atoms with Gasteiger partial charge in [-0.3, -0.25) is 4.57 Å². The van der Waals surface area contributed by atoms with E-state index >= 15 is 0 Å². The number of benzene rings is 2. The van der Waals surface area contributed by atoms with Gasteiger partial charge in [0.25, 0.3) is 0 Å². The van der Waals surface area contributed by atoms with E-state index in [0.29, 0.717) is 12.4 Å². The van der Waals surface area contributed by atoms with Gasteiger partial charge in [-0.1, -0.05) is 12.1 Å². The first-order valence-corrected chi connectivity index (χ1v) is 9.08. The van der Waals surface area contributed by atoms with Crippen molar-refractivity contribution in [2.24, 2.45) is 0 Å². The average Bonchev–Trinajstić information content (AvgIpc) is 3.13. The predicted octanol–water partition coefficient (Wildman–Crippen LogP) is 3.50. The zero-order valence-electron chi connectivity index (χ0n) is 15.9. The normalized spacial score (nSPS) is 11.1. The Morgan fingerprint density at radius 1 is 1.00 bits per heavy atom. The molecule has 0 saturated heterocycles. The molecule has 0 spiro atoms. The number of fused-ring (bicyclic) bond motifs is 1. The molecule has 0 aliphatic rings. The molecule has 0 aliphatic carbocycles. The Hall–Kier alpha value is -3.45. The molecule has 1 N–H and O–H groups in total. The van der Waals surface area contributed by atoms with Crippen molar-refractivity contribution < 1.29 is 4.74 Å². The number of nitrogens with zero attached hydrogens (tertiary/aromatic N) is 5. The summed E-state index contributed by atoms with van der Waals surface area (Å²) < 4.78 is 7.67. The van der Waals surface area contributed by atoms with E-state index in [4.69, 9.17) is 4.74 Å². The first-order valence-electron chi connectivity index (χ1n) is 9.08. The van der Waals surface area contributed by atoms with Crippen molar-refractivity contribution in [3.8, 4) is 11.6 Å². The van der Waals surface area contributed by atoms with Crippen molar-refractivity contribution in [3.05, 3.63) is 67.3 Å². The molecule has 2 aromatic heterocycles. The fraction of sp³-hybridized carbons (Fsp3) is 0.190. The minimum Gasteiger partial charge on any atom is -0.492 e. The highest BCUT2D eigenvalue weighted by molar-refractivity contribution is 5.77. The Morgan fingerprint density at radius 2 is 1.82 bits per heavy atom. The highest BCUT2D eigenvalue weighted by Crippen LogP contribution is 2.21. The van der Waals surface area contributed by atoms with Gasteiger partial charge in [-0.05, 0) is 50.5 Å². The molecule has 0 aliphatic heterocycles. The SMILES string of the molecule is CN(C)CCOc1ccc(Nc2cc(-n3cnc4ccccc43)ncn2)cc1. The summed E-state index contributed by atoms with van der Waals surface area (Å²) in [6.07, 6.45) is 3.32. The van der Waals surface area contributed by atoms with Gasteiger partial charge < -0.3 is 15.0 Å². The van der Waals surface area contributed by atoms with Crippen molar-refractivity contribution in [1.29, 1.82) is 0 Å². The summed E-state index contributed by atoms with van der Waals surface area (Å²) in [6.45, 7) is 1.54. The van der Waals surface area contributed by atoms with Crippen LogP contribution in [0.3, 0.4) is 0 Å². The summed E-state index contributed by atoms with van der Waals surface area (Å²) in [6, 6.07) is 17.7. The van der Waals surface area contributed by atoms with E-state index in [9.17, 15) is 0 Å². The van der Waals surface area contributed by atoms with Gasteiger partial charge in [-0.2, -0.15) is 0 Å². The molecule has 0 fully saturated rings. The van der Waals surface area contributed by atoms with E-state index in [1.165, 1.54) is 0 Å². The molecule has 28 heavy (non-hydrogen) atoms. The lowest BCUT2D eigenvalue weighted by molar-refractivity contribution is 0.261. The Labute approximate surface area is 163 Å². The topological polar surface area (TPSA) is 68.1 Å². The van der Waals surface area contributed by atoms with Gasteiger partial charge in [-0.15, -0.1) is 0 Å². The maximum Gasteiger partial charge on any atom is 0.143 e. The molecule has 142 valence electrons. The Bertz CT molecular complexity index is 1060. The fourth-order valence-electron chi connectivity index (χ4n) is 2.82. The third-order valence-electron chi connectivity index (χ3n) is 4.29. The van der Waals surface area contributed by atoms with Crippen LogP contribution in [0.15, 0.2) is 67.3 Å². The highest BCUT2D eigenvalue weighted by atomic mass is 16.5. The van der Waals surface area contributed by atoms with Crippen LogP contribution in [0.2, 0.25) is 0 Å². The van der Waals surface area contributed by atoms with Crippen LogP contribution in [-0.2, 0) is 0 Å². The van der Waals surface area contributed by atoms with Crippen molar-refractivity contribution in [1.82, 2.24) is 24.4 Å². The van der Waals surface area contributed by atoms with Gasteiger partial charge in [0.15, 0.2) is 0 Å². The van der Waals surface area contributed by atoms with Gasteiger partial charge in [0.05, 0.1) is 11.0 Å². The van der Waals surface area contributed by atoms with Crippen LogP contribution in [0.1, 0.15) is 0 Å². The van der Waals surface area contributed by atoms with Crippen LogP contribution in [0.25, 0.3) is 16.9 Å². The molecule has 2 heterocycles. The second-order valence-corrected chi connectivity index (χ2v) is 6.67. The smallest absolute Gasteiger partial charge is 0.143 e. The van der Waals surface area contributed by atoms with Crippen molar-refractivity contribution in [3.63, 3.8) is 0 Å². The van der Waals surface area contributed by atoms with E-state index < -0.39 is 0 Å². The second-order valence-electron chi connectivity index (χ2n) is 6.67. The molecule has 0 unspecified atom stereocenters. The molecule has 0 atom stereocenters. The summed E-state index contributed by atoms with van der Waals surface area (Å²) in [5.41, 5.74) is 2.87. The Kier molecular flexibility index (Phi) is 5.16. The minimum atomic E-state index is 0.661. The zero-order valence-corrected chi connectivity index (χ0v) is 15.9. The summed E-state index contributed by atoms with van der Waals surface area (Å²) >= 11 is 0. The molecule has 0 saturated carbocycles. The first-order chi connectivity index (χ1) is 13.7. The maximum atomic E-state index is 5.73. The van der Waals surface area contributed by atoms with Gasteiger partial charge >= 0.3 is 0 Å². The molecule has 0 bridgehead atoms. The fourth-order valence-corrected chi connectivity index (χ4v) is 2.82. The predicted molar refractivity (Wildman–Crippen MR) is 110 cm³/mol. The highest BCUT2D eigenvalue weighted by Gasteiger charge is 2.07. The Balaban J connectivity index is 1.48. The standard InChI is InChI=1S/C21H22N6O/c1-26(2)11-12-28-17-9-7-16(8-10-17)25-20-13-21(23-14-22-20)27-15-24-18-5-3-4-6-19(18)27/h3-10,13-15H,11-12H2,1-2H3,(H,22,23,25). The van der Waals surface area contributed by atoms with Crippen LogP contribution in [0.4, 0.5) is 11.5 Å². The molecule has 7 heteroatoms. The van der Waals surface area contributed by atoms with E-state index in [1.807, 2.05) is 73.3 Å². The van der Waals surface area contributed by atoms with E-state index in [2.05, 4.69) is 25.2 Å². The molecule has 0 radical (unpaired) electrons. The second kappa shape index (κ2) is 8.06. The van der Waals surface area contributed by atoms with Crippen molar-refractivity contribution in [2.45, 2.75) is 0 Å². The number of rotatable bonds is 7. The van der Waals surface area contributed by atoms with E-state index in [0.717, 1.165) is 34.8 Å². The van der Waals surface area contributed by atoms with Crippen LogP contribution in [0.5, 0.6) is 5.75 Å². The number of aromatic nitrogens is 4. The number of ether oxygens (including phenoxy) is 1. The largest absolute Gasteiger partial charge is 0.492 e. The van der Waals surface area contributed by atoms with Gasteiger partial charge in [0.1, 0.15) is 36.6 Å². The third-order valence-corrected chi connectivity index (χ3v) is 4.29. The number of para-hydroxylation sites is 2. The lowest BCUT2D eigenvalue weighted by atomic mass is 10.3. The van der Waals surface area contributed by atoms with Crippen molar-refractivity contribution in [2.75, 3.05) is 32.6 Å². The zero-order chi connectivity index (χ0) is 19.3. The number of hydrogen-bond acceptors (Lipinski definition) is 6. The molecule has 2 aromatic carbocycles. The lowest BCUT2D eigenvalue weighted by Gasteiger charge is -2.12.